The zero-order valence-electron chi connectivity index (χ0n) is 10.6. The second-order valence-electron chi connectivity index (χ2n) is 4.52. The van der Waals surface area contributed by atoms with Crippen LogP contribution in [-0.2, 0) is 6.54 Å². The lowest BCUT2D eigenvalue weighted by Crippen LogP contribution is -2.52. The van der Waals surface area contributed by atoms with E-state index in [-0.39, 0.29) is 0 Å². The Balaban J connectivity index is 2.03. The summed E-state index contributed by atoms with van der Waals surface area (Å²) in [6.07, 6.45) is 3.64. The van der Waals surface area contributed by atoms with Gasteiger partial charge >= 0.3 is 0 Å². The molecule has 2 N–H and O–H groups in total. The molecule has 1 unspecified atom stereocenters. The van der Waals surface area contributed by atoms with Gasteiger partial charge in [-0.2, -0.15) is 0 Å². The van der Waals surface area contributed by atoms with E-state index in [9.17, 15) is 0 Å². The zero-order valence-corrected chi connectivity index (χ0v) is 10.6. The Morgan fingerprint density at radius 1 is 1.35 bits per heavy atom. The molecule has 1 aromatic heterocycles. The molecule has 2 rings (SSSR count). The maximum atomic E-state index is 5.54. The molecule has 5 heteroatoms. The molecule has 0 aromatic carbocycles. The van der Waals surface area contributed by atoms with Crippen molar-refractivity contribution in [2.75, 3.05) is 31.1 Å². The second kappa shape index (κ2) is 5.42. The summed E-state index contributed by atoms with van der Waals surface area (Å²) in [6, 6.07) is 0.562. The second-order valence-corrected chi connectivity index (χ2v) is 4.52. The number of piperazine rings is 1. The maximum Gasteiger partial charge on any atom is 0.225 e. The summed E-state index contributed by atoms with van der Waals surface area (Å²) >= 11 is 0. The number of hydrogen-bond donors (Lipinski definition) is 1. The number of aromatic nitrogens is 2. The normalized spacial score (nSPS) is 21.8. The number of anilines is 1. The van der Waals surface area contributed by atoms with Gasteiger partial charge in [0, 0.05) is 50.2 Å². The molecule has 0 spiro atoms. The fraction of sp³-hybridized carbons (Fsp3) is 0.667. The highest BCUT2D eigenvalue weighted by Gasteiger charge is 2.23. The predicted octanol–water partition coefficient (Wildman–Crippen LogP) is 0.466. The van der Waals surface area contributed by atoms with Crippen LogP contribution in [0.1, 0.15) is 19.4 Å². The first-order chi connectivity index (χ1) is 8.24. The minimum Gasteiger partial charge on any atom is -0.338 e. The zero-order chi connectivity index (χ0) is 12.3. The van der Waals surface area contributed by atoms with Crippen LogP contribution in [0.25, 0.3) is 0 Å². The third kappa shape index (κ3) is 2.73. The standard InChI is InChI=1S/C12H21N5/c1-3-16-4-5-17(9-10(16)2)12-14-7-11(6-13)8-15-12/h7-8,10H,3-6,9,13H2,1-2H3. The van der Waals surface area contributed by atoms with Crippen molar-refractivity contribution in [1.82, 2.24) is 14.9 Å². The molecular formula is C12H21N5. The molecule has 5 nitrogen and oxygen atoms in total. The molecule has 94 valence electrons. The van der Waals surface area contributed by atoms with Crippen molar-refractivity contribution in [3.05, 3.63) is 18.0 Å². The van der Waals surface area contributed by atoms with E-state index in [2.05, 4.69) is 33.6 Å². The van der Waals surface area contributed by atoms with Crippen LogP contribution >= 0.6 is 0 Å². The highest BCUT2D eigenvalue weighted by atomic mass is 15.3. The molecule has 1 saturated heterocycles. The molecule has 1 aliphatic rings. The molecule has 17 heavy (non-hydrogen) atoms. The van der Waals surface area contributed by atoms with E-state index in [1.165, 1.54) is 0 Å². The molecule has 1 aliphatic heterocycles. The van der Waals surface area contributed by atoms with Gasteiger partial charge in [0.05, 0.1) is 0 Å². The van der Waals surface area contributed by atoms with Crippen LogP contribution in [0.15, 0.2) is 12.4 Å². The van der Waals surface area contributed by atoms with Crippen LogP contribution in [-0.4, -0.2) is 47.1 Å². The predicted molar refractivity (Wildman–Crippen MR) is 68.8 cm³/mol. The number of rotatable bonds is 3. The molecule has 0 bridgehead atoms. The third-order valence-corrected chi connectivity index (χ3v) is 3.38. The molecule has 0 amide bonds. The third-order valence-electron chi connectivity index (χ3n) is 3.38. The summed E-state index contributed by atoms with van der Waals surface area (Å²) in [5.74, 6) is 0.824. The van der Waals surface area contributed by atoms with Gasteiger partial charge in [-0.3, -0.25) is 4.90 Å². The molecule has 0 aliphatic carbocycles. The summed E-state index contributed by atoms with van der Waals surface area (Å²) < 4.78 is 0. The Kier molecular flexibility index (Phi) is 3.91. The van der Waals surface area contributed by atoms with Crippen molar-refractivity contribution in [3.8, 4) is 0 Å². The molecule has 1 fully saturated rings. The first kappa shape index (κ1) is 12.3. The minimum atomic E-state index is 0.500. The van der Waals surface area contributed by atoms with E-state index < -0.39 is 0 Å². The SMILES string of the molecule is CCN1CCN(c2ncc(CN)cn2)CC1C. The Labute approximate surface area is 103 Å². The number of nitrogens with two attached hydrogens (primary N) is 1. The van der Waals surface area contributed by atoms with Gasteiger partial charge in [-0.25, -0.2) is 9.97 Å². The van der Waals surface area contributed by atoms with Crippen molar-refractivity contribution < 1.29 is 0 Å². The molecule has 1 aromatic rings. The Bertz CT molecular complexity index is 350. The van der Waals surface area contributed by atoms with Crippen LogP contribution in [0.4, 0.5) is 5.95 Å². The molecule has 0 radical (unpaired) electrons. The summed E-state index contributed by atoms with van der Waals surface area (Å²) in [6.45, 7) is 9.15. The van der Waals surface area contributed by atoms with E-state index in [1.807, 2.05) is 12.4 Å². The van der Waals surface area contributed by atoms with Crippen molar-refractivity contribution in [2.24, 2.45) is 5.73 Å². The van der Waals surface area contributed by atoms with Gasteiger partial charge in [0.25, 0.3) is 0 Å². The average molecular weight is 235 g/mol. The van der Waals surface area contributed by atoms with Crippen LogP contribution in [0.5, 0.6) is 0 Å². The summed E-state index contributed by atoms with van der Waals surface area (Å²) in [4.78, 5) is 13.5. The lowest BCUT2D eigenvalue weighted by Gasteiger charge is -2.39. The molecule has 0 saturated carbocycles. The van der Waals surface area contributed by atoms with Gasteiger partial charge in [0.15, 0.2) is 0 Å². The topological polar surface area (TPSA) is 58.3 Å². The monoisotopic (exact) mass is 235 g/mol. The Hall–Kier alpha value is -1.20. The molecular weight excluding hydrogens is 214 g/mol. The smallest absolute Gasteiger partial charge is 0.225 e. The van der Waals surface area contributed by atoms with E-state index in [1.54, 1.807) is 0 Å². The van der Waals surface area contributed by atoms with E-state index in [4.69, 9.17) is 5.73 Å². The van der Waals surface area contributed by atoms with Gasteiger partial charge in [0.2, 0.25) is 5.95 Å². The molecule has 2 heterocycles. The van der Waals surface area contributed by atoms with Crippen molar-refractivity contribution in [1.29, 1.82) is 0 Å². The number of nitrogens with zero attached hydrogens (tertiary/aromatic N) is 4. The highest BCUT2D eigenvalue weighted by molar-refractivity contribution is 5.31. The maximum absolute atomic E-state index is 5.54. The van der Waals surface area contributed by atoms with Gasteiger partial charge in [-0.05, 0) is 13.5 Å². The lowest BCUT2D eigenvalue weighted by molar-refractivity contribution is 0.198. The van der Waals surface area contributed by atoms with Gasteiger partial charge in [-0.1, -0.05) is 6.92 Å². The van der Waals surface area contributed by atoms with Crippen molar-refractivity contribution in [2.45, 2.75) is 26.4 Å². The van der Waals surface area contributed by atoms with Crippen LogP contribution in [0.2, 0.25) is 0 Å². The van der Waals surface area contributed by atoms with E-state index in [0.717, 1.165) is 37.7 Å². The number of hydrogen-bond acceptors (Lipinski definition) is 5. The first-order valence-electron chi connectivity index (χ1n) is 6.24. The number of likely N-dealkylation sites (N-methyl/N-ethyl adjacent to an activating group) is 1. The van der Waals surface area contributed by atoms with Gasteiger partial charge < -0.3 is 10.6 Å². The van der Waals surface area contributed by atoms with Crippen LogP contribution in [0, 0.1) is 0 Å². The van der Waals surface area contributed by atoms with E-state index >= 15 is 0 Å². The summed E-state index contributed by atoms with van der Waals surface area (Å²) in [7, 11) is 0. The summed E-state index contributed by atoms with van der Waals surface area (Å²) in [5, 5.41) is 0. The first-order valence-corrected chi connectivity index (χ1v) is 6.24. The van der Waals surface area contributed by atoms with Crippen molar-refractivity contribution in [3.63, 3.8) is 0 Å². The average Bonchev–Trinajstić information content (AvgIpc) is 2.39. The highest BCUT2D eigenvalue weighted by Crippen LogP contribution is 2.14. The molecule has 1 atom stereocenters. The van der Waals surface area contributed by atoms with Gasteiger partial charge in [0.1, 0.15) is 0 Å². The Morgan fingerprint density at radius 3 is 2.59 bits per heavy atom. The van der Waals surface area contributed by atoms with Gasteiger partial charge in [-0.15, -0.1) is 0 Å². The lowest BCUT2D eigenvalue weighted by atomic mass is 10.2. The van der Waals surface area contributed by atoms with Crippen molar-refractivity contribution >= 4 is 5.95 Å². The minimum absolute atomic E-state index is 0.500. The fourth-order valence-corrected chi connectivity index (χ4v) is 2.26. The summed E-state index contributed by atoms with van der Waals surface area (Å²) in [5.41, 5.74) is 6.52. The quantitative estimate of drug-likeness (QED) is 0.825. The largest absolute Gasteiger partial charge is 0.338 e. The fourth-order valence-electron chi connectivity index (χ4n) is 2.26. The van der Waals surface area contributed by atoms with E-state index in [0.29, 0.717) is 12.6 Å². The van der Waals surface area contributed by atoms with Crippen LogP contribution < -0.4 is 10.6 Å². The Morgan fingerprint density at radius 2 is 2.06 bits per heavy atom. The van der Waals surface area contributed by atoms with Crippen LogP contribution in [0.3, 0.4) is 0 Å².